The van der Waals surface area contributed by atoms with Gasteiger partial charge in [0.05, 0.1) is 0 Å². The Balaban J connectivity index is 0. The quantitative estimate of drug-likeness (QED) is 0.455. The Kier molecular flexibility index (Phi) is 39.8. The van der Waals surface area contributed by atoms with Gasteiger partial charge in [-0.05, 0) is 0 Å². The van der Waals surface area contributed by atoms with E-state index in [4.69, 9.17) is 10.5 Å². The van der Waals surface area contributed by atoms with Crippen LogP contribution in [0.2, 0.25) is 0 Å². The molecular weight excluding hydrogens is 78.0 g/mol. The lowest BCUT2D eigenvalue weighted by Gasteiger charge is -1.61. The van der Waals surface area contributed by atoms with Gasteiger partial charge in [0, 0.05) is 6.54 Å². The molecule has 0 heterocycles. The van der Waals surface area contributed by atoms with E-state index in [0.717, 1.165) is 0 Å². The van der Waals surface area contributed by atoms with Crippen LogP contribution in [-0.4, -0.2) is 13.3 Å². The lowest BCUT2D eigenvalue weighted by atomic mass is 10.7. The fraction of sp³-hybridized carbons (Fsp3) is 0.250. The molecule has 0 atom stereocenters. The summed E-state index contributed by atoms with van der Waals surface area (Å²) < 4.78 is 0. The molecule has 0 aromatic heterocycles. The molecular formula is C4H9NO. The summed E-state index contributed by atoms with van der Waals surface area (Å²) in [7, 11) is 0. The molecule has 0 unspecified atom stereocenters. The van der Waals surface area contributed by atoms with Gasteiger partial charge >= 0.3 is 0 Å². The maximum absolute atomic E-state index is 8.00. The van der Waals surface area contributed by atoms with Crippen LogP contribution in [0.1, 0.15) is 0 Å². The zero-order valence-electron chi connectivity index (χ0n) is 3.68. The molecule has 0 saturated heterocycles. The van der Waals surface area contributed by atoms with Gasteiger partial charge in [0.25, 0.3) is 0 Å². The van der Waals surface area contributed by atoms with E-state index in [1.54, 1.807) is 6.08 Å². The summed E-state index contributed by atoms with van der Waals surface area (Å²) in [5.74, 6) is 0. The SMILES string of the molecule is C=CCN.C=O. The van der Waals surface area contributed by atoms with Crippen LogP contribution in [0, 0.1) is 0 Å². The third-order valence-corrected chi connectivity index (χ3v) is 0.167. The van der Waals surface area contributed by atoms with Gasteiger partial charge < -0.3 is 10.5 Å². The second kappa shape index (κ2) is 26.4. The summed E-state index contributed by atoms with van der Waals surface area (Å²) >= 11 is 0. The van der Waals surface area contributed by atoms with Crippen molar-refractivity contribution in [3.05, 3.63) is 12.7 Å². The van der Waals surface area contributed by atoms with Crippen molar-refractivity contribution in [2.24, 2.45) is 5.73 Å². The molecule has 0 spiro atoms. The summed E-state index contributed by atoms with van der Waals surface area (Å²) in [5, 5.41) is 0. The number of nitrogens with two attached hydrogens (primary N) is 1. The van der Waals surface area contributed by atoms with Crippen LogP contribution in [0.5, 0.6) is 0 Å². The molecule has 0 aliphatic rings. The minimum atomic E-state index is 0.583. The van der Waals surface area contributed by atoms with E-state index in [1.807, 2.05) is 6.79 Å². The summed E-state index contributed by atoms with van der Waals surface area (Å²) in [6.07, 6.45) is 1.65. The van der Waals surface area contributed by atoms with Crippen molar-refractivity contribution >= 4 is 6.79 Å². The van der Waals surface area contributed by atoms with Gasteiger partial charge in [0.2, 0.25) is 0 Å². The zero-order chi connectivity index (χ0) is 5.41. The smallest absolute Gasteiger partial charge is 0.106 e. The lowest BCUT2D eigenvalue weighted by Crippen LogP contribution is -1.90. The zero-order valence-corrected chi connectivity index (χ0v) is 3.68. The minimum absolute atomic E-state index is 0.583. The van der Waals surface area contributed by atoms with Crippen LogP contribution in [0.25, 0.3) is 0 Å². The highest BCUT2D eigenvalue weighted by molar-refractivity contribution is 5.10. The fourth-order valence-corrected chi connectivity index (χ4v) is 0. The molecule has 0 radical (unpaired) electrons. The van der Waals surface area contributed by atoms with E-state index < -0.39 is 0 Å². The Hall–Kier alpha value is -0.630. The first kappa shape index (κ1) is 9.03. The maximum Gasteiger partial charge on any atom is 0.106 e. The average molecular weight is 87.1 g/mol. The van der Waals surface area contributed by atoms with E-state index in [-0.39, 0.29) is 0 Å². The summed E-state index contributed by atoms with van der Waals surface area (Å²) in [6.45, 7) is 5.94. The monoisotopic (exact) mass is 87.1 g/mol. The Morgan fingerprint density at radius 2 is 1.83 bits per heavy atom. The first-order valence-electron chi connectivity index (χ1n) is 1.51. The molecule has 0 aromatic carbocycles. The highest BCUT2D eigenvalue weighted by Crippen LogP contribution is 1.40. The molecule has 0 rings (SSSR count). The van der Waals surface area contributed by atoms with Crippen LogP contribution in [0.3, 0.4) is 0 Å². The molecule has 36 valence electrons. The number of carbonyl (C=O) groups excluding carboxylic acids is 1. The third kappa shape index (κ3) is 138. The second-order valence-corrected chi connectivity index (χ2v) is 0.524. The number of hydrogen-bond donors (Lipinski definition) is 1. The van der Waals surface area contributed by atoms with Gasteiger partial charge in [0.15, 0.2) is 0 Å². The Labute approximate surface area is 37.7 Å². The van der Waals surface area contributed by atoms with Crippen molar-refractivity contribution in [1.82, 2.24) is 0 Å². The molecule has 0 aromatic rings. The van der Waals surface area contributed by atoms with Crippen LogP contribution in [0.4, 0.5) is 0 Å². The number of hydrogen-bond acceptors (Lipinski definition) is 2. The Bertz CT molecular complexity index is 28.7. The molecule has 2 N–H and O–H groups in total. The summed E-state index contributed by atoms with van der Waals surface area (Å²) in [4.78, 5) is 8.00. The predicted molar refractivity (Wildman–Crippen MR) is 26.4 cm³/mol. The minimum Gasteiger partial charge on any atom is -0.327 e. The molecule has 2 heteroatoms. The van der Waals surface area contributed by atoms with Crippen LogP contribution in [-0.2, 0) is 4.79 Å². The van der Waals surface area contributed by atoms with E-state index in [2.05, 4.69) is 6.58 Å². The standard InChI is InChI=1S/C3H7N.CH2O/c1-2-3-4;1-2/h2H,1,3-4H2;1H2. The Morgan fingerprint density at radius 1 is 1.67 bits per heavy atom. The molecule has 6 heavy (non-hydrogen) atoms. The van der Waals surface area contributed by atoms with Gasteiger partial charge in [0.1, 0.15) is 6.79 Å². The third-order valence-electron chi connectivity index (χ3n) is 0.167. The van der Waals surface area contributed by atoms with Crippen molar-refractivity contribution in [1.29, 1.82) is 0 Å². The molecule has 2 nitrogen and oxygen atoms in total. The molecule has 0 fully saturated rings. The first-order chi connectivity index (χ1) is 2.91. The molecule has 0 bridgehead atoms. The van der Waals surface area contributed by atoms with Gasteiger partial charge in [-0.2, -0.15) is 0 Å². The number of carbonyl (C=O) groups is 1. The van der Waals surface area contributed by atoms with E-state index in [0.29, 0.717) is 6.54 Å². The molecule has 0 aliphatic heterocycles. The highest BCUT2D eigenvalue weighted by atomic mass is 16.1. The van der Waals surface area contributed by atoms with Gasteiger partial charge in [-0.15, -0.1) is 6.58 Å². The van der Waals surface area contributed by atoms with Gasteiger partial charge in [-0.3, -0.25) is 0 Å². The predicted octanol–water partition coefficient (Wildman–Crippen LogP) is -0.0538. The number of rotatable bonds is 1. The van der Waals surface area contributed by atoms with Crippen LogP contribution < -0.4 is 5.73 Å². The fourth-order valence-electron chi connectivity index (χ4n) is 0. The van der Waals surface area contributed by atoms with E-state index in [9.17, 15) is 0 Å². The van der Waals surface area contributed by atoms with Crippen molar-refractivity contribution in [2.75, 3.05) is 6.54 Å². The van der Waals surface area contributed by atoms with E-state index in [1.165, 1.54) is 0 Å². The highest BCUT2D eigenvalue weighted by Gasteiger charge is 1.43. The summed E-state index contributed by atoms with van der Waals surface area (Å²) in [5.41, 5.74) is 4.91. The average Bonchev–Trinajstić information content (AvgIpc) is 1.72. The van der Waals surface area contributed by atoms with Crippen molar-refractivity contribution in [3.63, 3.8) is 0 Å². The van der Waals surface area contributed by atoms with Crippen LogP contribution >= 0.6 is 0 Å². The maximum atomic E-state index is 8.00. The van der Waals surface area contributed by atoms with Crippen molar-refractivity contribution in [3.8, 4) is 0 Å². The Morgan fingerprint density at radius 3 is 1.83 bits per heavy atom. The summed E-state index contributed by atoms with van der Waals surface area (Å²) in [6, 6.07) is 0. The van der Waals surface area contributed by atoms with Gasteiger partial charge in [-0.1, -0.05) is 6.08 Å². The molecule has 0 amide bonds. The molecule has 0 aliphatic carbocycles. The second-order valence-electron chi connectivity index (χ2n) is 0.524. The van der Waals surface area contributed by atoms with E-state index >= 15 is 0 Å². The topological polar surface area (TPSA) is 43.1 Å². The lowest BCUT2D eigenvalue weighted by molar-refractivity contribution is -0.0979. The van der Waals surface area contributed by atoms with Crippen LogP contribution in [0.15, 0.2) is 12.7 Å². The largest absolute Gasteiger partial charge is 0.327 e. The van der Waals surface area contributed by atoms with Crippen molar-refractivity contribution < 1.29 is 4.79 Å². The molecule has 0 saturated carbocycles. The van der Waals surface area contributed by atoms with Crippen molar-refractivity contribution in [2.45, 2.75) is 0 Å². The van der Waals surface area contributed by atoms with Gasteiger partial charge in [-0.25, -0.2) is 0 Å². The normalized spacial score (nSPS) is 4.83. The first-order valence-corrected chi connectivity index (χ1v) is 1.51.